The predicted molar refractivity (Wildman–Crippen MR) is 118 cm³/mol. The second kappa shape index (κ2) is 9.33. The van der Waals surface area contributed by atoms with Gasteiger partial charge in [-0.1, -0.05) is 12.1 Å². The molecule has 0 spiro atoms. The summed E-state index contributed by atoms with van der Waals surface area (Å²) in [6.45, 7) is 0.788. The first-order valence-corrected chi connectivity index (χ1v) is 12.8. The highest BCUT2D eigenvalue weighted by Crippen LogP contribution is 2.40. The van der Waals surface area contributed by atoms with Gasteiger partial charge in [0.1, 0.15) is 0 Å². The third kappa shape index (κ3) is 4.95. The number of piperidine rings is 1. The van der Waals surface area contributed by atoms with Crippen LogP contribution in [0.3, 0.4) is 0 Å². The molecule has 2 aliphatic rings. The van der Waals surface area contributed by atoms with Gasteiger partial charge in [0.05, 0.1) is 22.5 Å². The van der Waals surface area contributed by atoms with Crippen LogP contribution in [0.4, 0.5) is 22.0 Å². The van der Waals surface area contributed by atoms with Crippen molar-refractivity contribution in [3.8, 4) is 11.3 Å². The molecule has 2 heterocycles. The highest BCUT2D eigenvalue weighted by molar-refractivity contribution is 7.93. The van der Waals surface area contributed by atoms with Gasteiger partial charge in [-0.3, -0.25) is 14.8 Å². The number of carbonyl (C=O) groups is 1. The van der Waals surface area contributed by atoms with E-state index in [2.05, 4.69) is 14.9 Å². The molecule has 1 aromatic heterocycles. The van der Waals surface area contributed by atoms with E-state index in [0.29, 0.717) is 24.7 Å². The molecule has 1 aliphatic carbocycles. The molecule has 0 radical (unpaired) electrons. The number of benzene rings is 1. The van der Waals surface area contributed by atoms with Crippen molar-refractivity contribution in [2.24, 2.45) is 0 Å². The summed E-state index contributed by atoms with van der Waals surface area (Å²) in [6.07, 6.45) is -3.40. The predicted octanol–water partition coefficient (Wildman–Crippen LogP) is 4.13. The van der Waals surface area contributed by atoms with E-state index in [-0.39, 0.29) is 29.1 Å². The maximum atomic E-state index is 13.4. The summed E-state index contributed by atoms with van der Waals surface area (Å²) < 4.78 is 88.0. The van der Waals surface area contributed by atoms with E-state index >= 15 is 0 Å². The number of alkyl halides is 5. The summed E-state index contributed by atoms with van der Waals surface area (Å²) in [5, 5.41) is 9.90. The van der Waals surface area contributed by atoms with Gasteiger partial charge in [-0.2, -0.15) is 22.0 Å². The Morgan fingerprint density at radius 1 is 1.03 bits per heavy atom. The zero-order valence-corrected chi connectivity index (χ0v) is 19.8. The molecule has 1 aromatic carbocycles. The van der Waals surface area contributed by atoms with Crippen molar-refractivity contribution in [2.45, 2.75) is 66.3 Å². The molecule has 2 fully saturated rings. The van der Waals surface area contributed by atoms with Crippen molar-refractivity contribution in [3.63, 3.8) is 0 Å². The zero-order chi connectivity index (χ0) is 26.4. The third-order valence-corrected chi connectivity index (χ3v) is 9.35. The van der Waals surface area contributed by atoms with Crippen LogP contribution in [0.5, 0.6) is 0 Å². The number of carboxylic acids is 1. The number of sulfone groups is 1. The Hall–Kier alpha value is -2.67. The van der Waals surface area contributed by atoms with Gasteiger partial charge in [-0.05, 0) is 44.2 Å². The largest absolute Gasteiger partial charge is 0.480 e. The molecule has 0 unspecified atom stereocenters. The van der Waals surface area contributed by atoms with E-state index in [4.69, 9.17) is 0 Å². The van der Waals surface area contributed by atoms with E-state index < -0.39 is 45.5 Å². The fraction of sp³-hybridized carbons (Fsp3) is 0.522. The van der Waals surface area contributed by atoms with Crippen molar-refractivity contribution >= 4 is 15.8 Å². The molecule has 0 bridgehead atoms. The molecule has 4 rings (SSSR count). The Morgan fingerprint density at radius 3 is 2.11 bits per heavy atom. The highest BCUT2D eigenvalue weighted by atomic mass is 32.2. The van der Waals surface area contributed by atoms with Gasteiger partial charge in [0.2, 0.25) is 0 Å². The maximum absolute atomic E-state index is 13.4. The Labute approximate surface area is 204 Å². The molecular weight excluding hydrogens is 509 g/mol. The number of aryl methyl sites for hydroxylation is 1. The maximum Gasteiger partial charge on any atom is 0.453 e. The molecule has 1 aliphatic heterocycles. The van der Waals surface area contributed by atoms with E-state index in [1.807, 2.05) is 0 Å². The van der Waals surface area contributed by atoms with Crippen LogP contribution in [0.1, 0.15) is 37.8 Å². The van der Waals surface area contributed by atoms with Crippen molar-refractivity contribution in [2.75, 3.05) is 13.1 Å². The van der Waals surface area contributed by atoms with Gasteiger partial charge in [0, 0.05) is 37.3 Å². The van der Waals surface area contributed by atoms with E-state index in [1.54, 1.807) is 0 Å². The molecule has 7 nitrogen and oxygen atoms in total. The molecule has 0 atom stereocenters. The fourth-order valence-corrected chi connectivity index (χ4v) is 6.27. The molecule has 36 heavy (non-hydrogen) atoms. The number of hydrogen-bond donors (Lipinski definition) is 1. The first-order chi connectivity index (χ1) is 16.8. The Kier molecular flexibility index (Phi) is 6.84. The fourth-order valence-electron chi connectivity index (χ4n) is 4.38. The van der Waals surface area contributed by atoms with Gasteiger partial charge in [0.15, 0.2) is 14.6 Å². The number of aromatic nitrogens is 2. The number of rotatable bonds is 8. The number of aliphatic carboxylic acids is 1. The van der Waals surface area contributed by atoms with E-state index in [9.17, 15) is 40.3 Å². The number of hydrogen-bond acceptors (Lipinski definition) is 6. The first kappa shape index (κ1) is 26.4. The topological polar surface area (TPSA) is 100 Å². The number of nitrogens with zero attached hydrogens (tertiary/aromatic N) is 3. The summed E-state index contributed by atoms with van der Waals surface area (Å²) in [6, 6.07) is 5.81. The quantitative estimate of drug-likeness (QED) is 0.510. The van der Waals surface area contributed by atoms with Gasteiger partial charge in [-0.15, -0.1) is 0 Å². The third-order valence-electron chi connectivity index (χ3n) is 6.85. The molecule has 196 valence electrons. The highest BCUT2D eigenvalue weighted by Gasteiger charge is 2.57. The normalized spacial score (nSPS) is 19.2. The minimum atomic E-state index is -5.64. The van der Waals surface area contributed by atoms with Crippen LogP contribution in [0, 0.1) is 0 Å². The lowest BCUT2D eigenvalue weighted by Crippen LogP contribution is -2.54. The lowest BCUT2D eigenvalue weighted by molar-refractivity contribution is -0.284. The van der Waals surface area contributed by atoms with E-state index in [0.717, 1.165) is 19.0 Å². The Balaban J connectivity index is 1.47. The zero-order valence-electron chi connectivity index (χ0n) is 19.0. The van der Waals surface area contributed by atoms with Crippen LogP contribution in [0.25, 0.3) is 11.3 Å². The average molecular weight is 534 g/mol. The smallest absolute Gasteiger partial charge is 0.453 e. The Morgan fingerprint density at radius 2 is 1.64 bits per heavy atom. The summed E-state index contributed by atoms with van der Waals surface area (Å²) in [4.78, 5) is 22.0. The molecule has 1 N–H and O–H groups in total. The summed E-state index contributed by atoms with van der Waals surface area (Å²) in [7, 11) is -4.22. The minimum Gasteiger partial charge on any atom is -0.480 e. The standard InChI is InChI=1S/C23H24F5N3O4S/c24-22(25,23(26,27)28)8-7-16-13-30-19(14-29-16)15-1-5-18(6-2-15)36(34,35)21(20(32)33)9-11-31(12-10-21)17-3-4-17/h1-2,5-6,13-14,17H,3-4,7-12H2,(H,32,33). The first-order valence-electron chi connectivity index (χ1n) is 11.3. The van der Waals surface area contributed by atoms with Crippen LogP contribution in [0.15, 0.2) is 41.6 Å². The van der Waals surface area contributed by atoms with Gasteiger partial charge in [0.25, 0.3) is 0 Å². The van der Waals surface area contributed by atoms with E-state index in [1.165, 1.54) is 30.5 Å². The van der Waals surface area contributed by atoms with Crippen molar-refractivity contribution in [3.05, 3.63) is 42.4 Å². The van der Waals surface area contributed by atoms with Crippen LogP contribution >= 0.6 is 0 Å². The van der Waals surface area contributed by atoms with Gasteiger partial charge in [-0.25, -0.2) is 8.42 Å². The second-order valence-electron chi connectivity index (χ2n) is 9.19. The monoisotopic (exact) mass is 533 g/mol. The molecular formula is C23H24F5N3O4S. The summed E-state index contributed by atoms with van der Waals surface area (Å²) >= 11 is 0. The minimum absolute atomic E-state index is 0.0107. The lowest BCUT2D eigenvalue weighted by Gasteiger charge is -2.38. The SMILES string of the molecule is O=C(O)C1(S(=O)(=O)c2ccc(-c3cnc(CCC(F)(F)C(F)(F)F)cn3)cc2)CCN(C2CC2)CC1. The molecule has 13 heteroatoms. The van der Waals surface area contributed by atoms with Crippen molar-refractivity contribution in [1.82, 2.24) is 14.9 Å². The summed E-state index contributed by atoms with van der Waals surface area (Å²) in [5.74, 6) is -6.21. The molecule has 1 saturated carbocycles. The number of likely N-dealkylation sites (tertiary alicyclic amines) is 1. The van der Waals surface area contributed by atoms with Crippen molar-refractivity contribution < 1.29 is 40.3 Å². The molecule has 2 aromatic rings. The number of halogens is 5. The van der Waals surface area contributed by atoms with Gasteiger partial charge >= 0.3 is 18.1 Å². The lowest BCUT2D eigenvalue weighted by atomic mass is 9.95. The summed E-state index contributed by atoms with van der Waals surface area (Å²) in [5.41, 5.74) is 0.611. The molecule has 0 amide bonds. The van der Waals surface area contributed by atoms with Crippen LogP contribution < -0.4 is 0 Å². The van der Waals surface area contributed by atoms with Gasteiger partial charge < -0.3 is 10.0 Å². The number of carboxylic acid groups (broad SMARTS) is 1. The van der Waals surface area contributed by atoms with Crippen LogP contribution in [0.2, 0.25) is 0 Å². The molecule has 1 saturated heterocycles. The Bertz CT molecular complexity index is 1210. The van der Waals surface area contributed by atoms with Crippen molar-refractivity contribution in [1.29, 1.82) is 0 Å². The van der Waals surface area contributed by atoms with Crippen LogP contribution in [-0.4, -0.2) is 70.3 Å². The average Bonchev–Trinajstić information content (AvgIpc) is 3.68. The van der Waals surface area contributed by atoms with Crippen LogP contribution in [-0.2, 0) is 21.1 Å². The second-order valence-corrected chi connectivity index (χ2v) is 11.4.